The molecule has 1 aromatic carbocycles. The molecule has 2 N–H and O–H groups in total. The van der Waals surface area contributed by atoms with Crippen LogP contribution in [0.5, 0.6) is 11.5 Å². The number of hydrogen-bond acceptors (Lipinski definition) is 6. The van der Waals surface area contributed by atoms with Crippen LogP contribution in [0.2, 0.25) is 0 Å². The summed E-state index contributed by atoms with van der Waals surface area (Å²) in [6, 6.07) is 4.21. The number of rotatable bonds is 7. The molecule has 9 nitrogen and oxygen atoms in total. The van der Waals surface area contributed by atoms with Gasteiger partial charge in [0.25, 0.3) is 6.43 Å². The Morgan fingerprint density at radius 1 is 1.35 bits per heavy atom. The average Bonchev–Trinajstić information content (AvgIpc) is 3.14. The molecule has 12 heteroatoms. The number of aliphatic imine (C=N–C) groups is 2. The molecule has 4 rings (SSSR count). The van der Waals surface area contributed by atoms with Gasteiger partial charge in [-0.15, -0.1) is 10.0 Å². The Kier molecular flexibility index (Phi) is 7.01. The molecule has 0 bridgehead atoms. The summed E-state index contributed by atoms with van der Waals surface area (Å²) in [5.41, 5.74) is 5.66. The molecule has 3 aliphatic heterocycles. The number of amidine groups is 1. The molecule has 0 saturated carbocycles. The highest BCUT2D eigenvalue weighted by atomic mass is 79.9. The number of methoxy groups -OCH3 is 2. The number of nitrogens with zero attached hydrogens (tertiary/aromatic N) is 4. The van der Waals surface area contributed by atoms with Crippen LogP contribution in [0.3, 0.4) is 0 Å². The summed E-state index contributed by atoms with van der Waals surface area (Å²) >= 11 is 3.56. The van der Waals surface area contributed by atoms with Crippen molar-refractivity contribution in [3.05, 3.63) is 47.6 Å². The molecule has 3 unspecified atom stereocenters. The van der Waals surface area contributed by atoms with Crippen LogP contribution in [-0.4, -0.2) is 64.9 Å². The Labute approximate surface area is 203 Å². The van der Waals surface area contributed by atoms with Crippen LogP contribution in [-0.2, 0) is 6.54 Å². The summed E-state index contributed by atoms with van der Waals surface area (Å²) in [5, 5.41) is 9.51. The van der Waals surface area contributed by atoms with Gasteiger partial charge in [0.05, 0.1) is 39.2 Å². The first kappa shape index (κ1) is 24.3. The summed E-state index contributed by atoms with van der Waals surface area (Å²) in [7, 11) is 3.17. The van der Waals surface area contributed by atoms with Gasteiger partial charge in [-0.25, -0.2) is 13.6 Å². The Bertz CT molecular complexity index is 1090. The van der Waals surface area contributed by atoms with E-state index in [1.807, 2.05) is 18.3 Å². The molecule has 34 heavy (non-hydrogen) atoms. The zero-order chi connectivity index (χ0) is 24.5. The van der Waals surface area contributed by atoms with Gasteiger partial charge in [-0.1, -0.05) is 6.07 Å². The second kappa shape index (κ2) is 9.80. The second-order valence-electron chi connectivity index (χ2n) is 8.07. The van der Waals surface area contributed by atoms with Crippen molar-refractivity contribution in [3.8, 4) is 11.5 Å². The molecule has 0 aromatic heterocycles. The third-order valence-corrected chi connectivity index (χ3v) is 7.02. The quantitative estimate of drug-likeness (QED) is 0.401. The molecule has 0 spiro atoms. The number of benzene rings is 1. The largest absolute Gasteiger partial charge is 0.497 e. The Morgan fingerprint density at radius 3 is 2.82 bits per heavy atom. The van der Waals surface area contributed by atoms with Gasteiger partial charge in [0, 0.05) is 40.0 Å². The number of amides is 1. The lowest BCUT2D eigenvalue weighted by molar-refractivity contribution is -0.787. The number of fused-ring (bicyclic) bond motifs is 1. The second-order valence-corrected chi connectivity index (χ2v) is 8.78. The number of halogens is 3. The summed E-state index contributed by atoms with van der Waals surface area (Å²) in [6.45, 7) is 0.336. The van der Waals surface area contributed by atoms with Crippen LogP contribution in [0.4, 0.5) is 13.6 Å². The summed E-state index contributed by atoms with van der Waals surface area (Å²) in [5.74, 6) is 0.982. The van der Waals surface area contributed by atoms with Gasteiger partial charge in [0.1, 0.15) is 23.4 Å². The van der Waals surface area contributed by atoms with E-state index in [1.54, 1.807) is 32.7 Å². The Hall–Kier alpha value is -2.83. The van der Waals surface area contributed by atoms with Crippen LogP contribution in [0.15, 0.2) is 52.0 Å². The zero-order valence-corrected chi connectivity index (χ0v) is 20.2. The number of allylic oxidation sites excluding steroid dienone is 1. The highest BCUT2D eigenvalue weighted by Gasteiger charge is 2.48. The average molecular weight is 541 g/mol. The molecule has 182 valence electrons. The van der Waals surface area contributed by atoms with Crippen LogP contribution in [0, 0.1) is 5.92 Å². The lowest BCUT2D eigenvalue weighted by Gasteiger charge is -2.37. The first-order valence-corrected chi connectivity index (χ1v) is 11.4. The van der Waals surface area contributed by atoms with Crippen molar-refractivity contribution in [2.24, 2.45) is 15.9 Å². The van der Waals surface area contributed by atoms with Gasteiger partial charge in [0.2, 0.25) is 5.70 Å². The van der Waals surface area contributed by atoms with Gasteiger partial charge in [-0.05, 0) is 18.9 Å². The van der Waals surface area contributed by atoms with E-state index in [0.717, 1.165) is 10.5 Å². The zero-order valence-electron chi connectivity index (χ0n) is 18.6. The predicted octanol–water partition coefficient (Wildman–Crippen LogP) is 4.08. The highest BCUT2D eigenvalue weighted by molar-refractivity contribution is 9.18. The molecule has 1 fully saturated rings. The van der Waals surface area contributed by atoms with Crippen molar-refractivity contribution in [1.29, 1.82) is 0 Å². The normalized spacial score (nSPS) is 26.1. The molecule has 3 aliphatic rings. The molecule has 3 heterocycles. The van der Waals surface area contributed by atoms with E-state index >= 15 is 0 Å². The smallest absolute Gasteiger partial charge is 0.407 e. The third-order valence-electron chi connectivity index (χ3n) is 6.28. The molecule has 1 aromatic rings. The Morgan fingerprint density at radius 2 is 2.15 bits per heavy atom. The maximum absolute atomic E-state index is 13.4. The fraction of sp³-hybridized carbons (Fsp3) is 0.409. The summed E-state index contributed by atoms with van der Waals surface area (Å²) in [4.78, 5) is 21.4. The molecular formula is C22H25BrF2N5O4+. The number of hydrogen-bond donors (Lipinski definition) is 2. The van der Waals surface area contributed by atoms with Crippen molar-refractivity contribution in [3.63, 3.8) is 0 Å². The monoisotopic (exact) mass is 540 g/mol. The lowest BCUT2D eigenvalue weighted by atomic mass is 9.90. The number of carboxylic acid groups (broad SMARTS) is 1. The SMILES string of the molecule is COc1ccc(CN[N+]23C=CN=CC2=C(C2CCC(C(F)F)N(C(=O)O)C2)N=C3Br)c(OC)c1. The van der Waals surface area contributed by atoms with E-state index in [0.29, 0.717) is 40.6 Å². The van der Waals surface area contributed by atoms with Crippen LogP contribution in [0.1, 0.15) is 18.4 Å². The van der Waals surface area contributed by atoms with Gasteiger partial charge < -0.3 is 14.6 Å². The molecule has 1 saturated heterocycles. The van der Waals surface area contributed by atoms with Crippen LogP contribution < -0.4 is 14.9 Å². The molecular weight excluding hydrogens is 516 g/mol. The van der Waals surface area contributed by atoms with Crippen molar-refractivity contribution in [2.45, 2.75) is 31.9 Å². The number of carbonyl (C=O) groups is 1. The van der Waals surface area contributed by atoms with E-state index in [2.05, 4.69) is 26.3 Å². The summed E-state index contributed by atoms with van der Waals surface area (Å²) in [6.07, 6.45) is 1.47. The minimum absolute atomic E-state index is 0.0237. The molecule has 0 aliphatic carbocycles. The fourth-order valence-electron chi connectivity index (χ4n) is 4.48. The van der Waals surface area contributed by atoms with E-state index in [9.17, 15) is 18.7 Å². The van der Waals surface area contributed by atoms with E-state index in [-0.39, 0.29) is 23.5 Å². The van der Waals surface area contributed by atoms with E-state index < -0.39 is 18.6 Å². The first-order valence-electron chi connectivity index (χ1n) is 10.6. The predicted molar refractivity (Wildman–Crippen MR) is 125 cm³/mol. The Balaban J connectivity index is 1.62. The maximum atomic E-state index is 13.4. The number of nitrogens with one attached hydrogen (secondary N) is 1. The number of alkyl halides is 2. The highest BCUT2D eigenvalue weighted by Crippen LogP contribution is 2.40. The third kappa shape index (κ3) is 4.32. The molecule has 1 amide bonds. The lowest BCUT2D eigenvalue weighted by Crippen LogP contribution is -2.54. The maximum Gasteiger partial charge on any atom is 0.407 e. The first-order chi connectivity index (χ1) is 16.3. The van der Waals surface area contributed by atoms with Crippen molar-refractivity contribution < 1.29 is 32.7 Å². The topological polar surface area (TPSA) is 95.8 Å². The number of ether oxygens (including phenoxy) is 2. The van der Waals surface area contributed by atoms with E-state index in [1.165, 1.54) is 0 Å². The molecule has 0 radical (unpaired) electrons. The standard InChI is InChI=1S/C22H24BrF2N5O4/c1-33-15-5-3-13(18(9-15)34-2)10-27-30-8-7-26-11-17(30)19(28-21(30)23)14-4-6-16(20(24)25)29(12-14)22(31)32/h3,5,7-9,11,14,16,20,27H,4,6,10,12H2,1-2H3/p+1. The van der Waals surface area contributed by atoms with Gasteiger partial charge in [0.15, 0.2) is 0 Å². The van der Waals surface area contributed by atoms with E-state index in [4.69, 9.17) is 14.5 Å². The van der Waals surface area contributed by atoms with Gasteiger partial charge in [-0.3, -0.25) is 9.89 Å². The summed E-state index contributed by atoms with van der Waals surface area (Å²) < 4.78 is 38.1. The number of likely N-dealkylation sites (tertiary alicyclic amines) is 1. The minimum atomic E-state index is -2.73. The number of quaternary nitrogens is 1. The number of piperidine rings is 1. The van der Waals surface area contributed by atoms with Crippen LogP contribution in [0.25, 0.3) is 0 Å². The van der Waals surface area contributed by atoms with Crippen LogP contribution >= 0.6 is 15.9 Å². The minimum Gasteiger partial charge on any atom is -0.497 e. The van der Waals surface area contributed by atoms with Gasteiger partial charge >= 0.3 is 10.8 Å². The van der Waals surface area contributed by atoms with Crippen molar-refractivity contribution in [2.75, 3.05) is 20.8 Å². The molecule has 3 atom stereocenters. The van der Waals surface area contributed by atoms with Crippen molar-refractivity contribution in [1.82, 2.24) is 10.3 Å². The van der Waals surface area contributed by atoms with Crippen molar-refractivity contribution >= 4 is 33.0 Å². The van der Waals surface area contributed by atoms with Gasteiger partial charge in [-0.2, -0.15) is 4.99 Å². The fourth-order valence-corrected chi connectivity index (χ4v) is 5.10.